The van der Waals surface area contributed by atoms with Gasteiger partial charge in [0.15, 0.2) is 5.13 Å². The first-order valence-electron chi connectivity index (χ1n) is 4.83. The summed E-state index contributed by atoms with van der Waals surface area (Å²) in [5.41, 5.74) is 6.17. The molecule has 0 spiro atoms. The van der Waals surface area contributed by atoms with Crippen molar-refractivity contribution in [2.45, 2.75) is 13.8 Å². The number of hydrogen-bond donors (Lipinski definition) is 1. The number of aromatic nitrogens is 1. The van der Waals surface area contributed by atoms with E-state index in [0.29, 0.717) is 22.2 Å². The van der Waals surface area contributed by atoms with Crippen LogP contribution >= 0.6 is 11.3 Å². The molecule has 0 aliphatic heterocycles. The number of hydrogen-bond acceptors (Lipinski definition) is 5. The van der Waals surface area contributed by atoms with Gasteiger partial charge in [-0.1, -0.05) is 11.3 Å². The van der Waals surface area contributed by atoms with Gasteiger partial charge in [0.1, 0.15) is 4.88 Å². The summed E-state index contributed by atoms with van der Waals surface area (Å²) < 4.78 is 0. The molecule has 0 saturated heterocycles. The minimum atomic E-state index is -0.181. The molecule has 0 bridgehead atoms. The van der Waals surface area contributed by atoms with E-state index in [4.69, 9.17) is 11.0 Å². The molecule has 0 aliphatic carbocycles. The Kier molecular flexibility index (Phi) is 3.85. The lowest BCUT2D eigenvalue weighted by molar-refractivity contribution is 0.0789. The highest BCUT2D eigenvalue weighted by atomic mass is 32.1. The zero-order chi connectivity index (χ0) is 12.3. The molecule has 1 rings (SSSR count). The van der Waals surface area contributed by atoms with Crippen LogP contribution in [0.5, 0.6) is 0 Å². The first-order chi connectivity index (χ1) is 7.45. The Labute approximate surface area is 98.5 Å². The van der Waals surface area contributed by atoms with E-state index in [1.165, 1.54) is 16.2 Å². The number of nitriles is 1. The lowest BCUT2D eigenvalue weighted by Gasteiger charge is -2.17. The van der Waals surface area contributed by atoms with Crippen molar-refractivity contribution in [1.29, 1.82) is 5.26 Å². The van der Waals surface area contributed by atoms with Gasteiger partial charge in [0.25, 0.3) is 5.91 Å². The quantitative estimate of drug-likeness (QED) is 0.859. The number of nitrogens with two attached hydrogens (primary N) is 1. The zero-order valence-electron chi connectivity index (χ0n) is 9.52. The van der Waals surface area contributed by atoms with Crippen molar-refractivity contribution >= 4 is 22.4 Å². The maximum absolute atomic E-state index is 12.0. The third kappa shape index (κ3) is 2.70. The molecule has 0 aromatic carbocycles. The fraction of sp³-hybridized carbons (Fsp3) is 0.500. The van der Waals surface area contributed by atoms with Crippen LogP contribution in [-0.4, -0.2) is 29.4 Å². The van der Waals surface area contributed by atoms with Gasteiger partial charge in [0.2, 0.25) is 0 Å². The average Bonchev–Trinajstić information content (AvgIpc) is 2.56. The Bertz CT molecular complexity index is 435. The van der Waals surface area contributed by atoms with E-state index in [9.17, 15) is 4.79 Å². The van der Waals surface area contributed by atoms with Crippen molar-refractivity contribution in [2.75, 3.05) is 19.3 Å². The molecule has 16 heavy (non-hydrogen) atoms. The normalized spacial score (nSPS) is 11.9. The molecule has 0 radical (unpaired) electrons. The minimum Gasteiger partial charge on any atom is -0.375 e. The van der Waals surface area contributed by atoms with Gasteiger partial charge in [-0.05, 0) is 13.8 Å². The van der Waals surface area contributed by atoms with E-state index in [1.807, 2.05) is 0 Å². The molecule has 1 aromatic heterocycles. The minimum absolute atomic E-state index is 0.131. The van der Waals surface area contributed by atoms with E-state index >= 15 is 0 Å². The monoisotopic (exact) mass is 238 g/mol. The van der Waals surface area contributed by atoms with Gasteiger partial charge in [-0.25, -0.2) is 4.98 Å². The summed E-state index contributed by atoms with van der Waals surface area (Å²) in [4.78, 5) is 18.0. The van der Waals surface area contributed by atoms with Crippen molar-refractivity contribution in [2.24, 2.45) is 5.92 Å². The number of rotatable bonds is 3. The largest absolute Gasteiger partial charge is 0.375 e. The van der Waals surface area contributed by atoms with Gasteiger partial charge >= 0.3 is 0 Å². The number of aryl methyl sites for hydroxylation is 1. The molecule has 1 atom stereocenters. The van der Waals surface area contributed by atoms with Crippen LogP contribution in [-0.2, 0) is 0 Å². The number of carbonyl (C=O) groups excluding carboxylic acids is 1. The molecule has 1 unspecified atom stereocenters. The third-order valence-corrected chi connectivity index (χ3v) is 3.10. The molecule has 6 heteroatoms. The second kappa shape index (κ2) is 4.94. The predicted molar refractivity (Wildman–Crippen MR) is 63.0 cm³/mol. The van der Waals surface area contributed by atoms with Gasteiger partial charge < -0.3 is 10.6 Å². The van der Waals surface area contributed by atoms with Crippen LogP contribution in [0.15, 0.2) is 0 Å². The number of thiazole rings is 1. The molecule has 86 valence electrons. The van der Waals surface area contributed by atoms with Crippen molar-refractivity contribution < 1.29 is 4.79 Å². The van der Waals surface area contributed by atoms with Gasteiger partial charge in [-0.3, -0.25) is 4.79 Å². The van der Waals surface area contributed by atoms with Gasteiger partial charge in [-0.2, -0.15) is 5.26 Å². The van der Waals surface area contributed by atoms with Crippen LogP contribution in [0, 0.1) is 24.2 Å². The highest BCUT2D eigenvalue weighted by Gasteiger charge is 2.19. The Hall–Kier alpha value is -1.61. The van der Waals surface area contributed by atoms with Crippen LogP contribution in [0.4, 0.5) is 5.13 Å². The molecule has 1 heterocycles. The van der Waals surface area contributed by atoms with Crippen LogP contribution in [0.25, 0.3) is 0 Å². The summed E-state index contributed by atoms with van der Waals surface area (Å²) >= 11 is 1.18. The Morgan fingerprint density at radius 1 is 1.75 bits per heavy atom. The van der Waals surface area contributed by atoms with E-state index in [0.717, 1.165) is 0 Å². The summed E-state index contributed by atoms with van der Waals surface area (Å²) in [6, 6.07) is 2.09. The maximum Gasteiger partial charge on any atom is 0.265 e. The maximum atomic E-state index is 12.0. The number of anilines is 1. The van der Waals surface area contributed by atoms with Crippen LogP contribution in [0.3, 0.4) is 0 Å². The summed E-state index contributed by atoms with van der Waals surface area (Å²) in [6.45, 7) is 3.94. The first-order valence-corrected chi connectivity index (χ1v) is 5.65. The Balaban J connectivity index is 2.79. The lowest BCUT2D eigenvalue weighted by atomic mass is 10.2. The van der Waals surface area contributed by atoms with E-state index in [1.54, 1.807) is 20.9 Å². The standard InChI is InChI=1S/C10H14N4OS/c1-6(4-11)5-14(3)9(15)8-7(2)13-10(12)16-8/h6H,5H2,1-3H3,(H2,12,13). The van der Waals surface area contributed by atoms with E-state index < -0.39 is 0 Å². The van der Waals surface area contributed by atoms with Crippen molar-refractivity contribution in [3.8, 4) is 6.07 Å². The highest BCUT2D eigenvalue weighted by Crippen LogP contribution is 2.21. The van der Waals surface area contributed by atoms with Crippen molar-refractivity contribution in [3.63, 3.8) is 0 Å². The number of carbonyl (C=O) groups is 1. The Morgan fingerprint density at radius 3 is 2.81 bits per heavy atom. The van der Waals surface area contributed by atoms with Crippen molar-refractivity contribution in [3.05, 3.63) is 10.6 Å². The van der Waals surface area contributed by atoms with Gasteiger partial charge in [0, 0.05) is 13.6 Å². The summed E-state index contributed by atoms with van der Waals surface area (Å²) in [7, 11) is 1.67. The number of nitrogens with zero attached hydrogens (tertiary/aromatic N) is 3. The smallest absolute Gasteiger partial charge is 0.265 e. The van der Waals surface area contributed by atoms with Crippen LogP contribution in [0.1, 0.15) is 22.3 Å². The average molecular weight is 238 g/mol. The third-order valence-electron chi connectivity index (χ3n) is 2.12. The SMILES string of the molecule is Cc1nc(N)sc1C(=O)N(C)CC(C)C#N. The second-order valence-electron chi connectivity index (χ2n) is 3.68. The number of nitrogen functional groups attached to an aromatic ring is 1. The molecule has 1 amide bonds. The molecular weight excluding hydrogens is 224 g/mol. The van der Waals surface area contributed by atoms with Crippen molar-refractivity contribution in [1.82, 2.24) is 9.88 Å². The first kappa shape index (κ1) is 12.5. The topological polar surface area (TPSA) is 83.0 Å². The highest BCUT2D eigenvalue weighted by molar-refractivity contribution is 7.17. The Morgan fingerprint density at radius 2 is 2.38 bits per heavy atom. The fourth-order valence-corrected chi connectivity index (χ4v) is 2.15. The second-order valence-corrected chi connectivity index (χ2v) is 4.71. The summed E-state index contributed by atoms with van der Waals surface area (Å²) in [5, 5.41) is 9.07. The van der Waals surface area contributed by atoms with Gasteiger partial charge in [0.05, 0.1) is 17.7 Å². The molecule has 0 saturated carbocycles. The van der Waals surface area contributed by atoms with E-state index in [2.05, 4.69) is 11.1 Å². The zero-order valence-corrected chi connectivity index (χ0v) is 10.3. The fourth-order valence-electron chi connectivity index (χ4n) is 1.32. The molecule has 0 aliphatic rings. The van der Waals surface area contributed by atoms with Crippen LogP contribution in [0.2, 0.25) is 0 Å². The predicted octanol–water partition coefficient (Wildman–Crippen LogP) is 1.27. The summed E-state index contributed by atoms with van der Waals surface area (Å²) in [5.74, 6) is -0.312. The van der Waals surface area contributed by atoms with Gasteiger partial charge in [-0.15, -0.1) is 0 Å². The number of amides is 1. The molecular formula is C10H14N4OS. The lowest BCUT2D eigenvalue weighted by Crippen LogP contribution is -2.30. The molecule has 5 nitrogen and oxygen atoms in total. The summed E-state index contributed by atoms with van der Waals surface area (Å²) in [6.07, 6.45) is 0. The molecule has 1 aromatic rings. The molecule has 0 fully saturated rings. The van der Waals surface area contributed by atoms with Crippen LogP contribution < -0.4 is 5.73 Å². The van der Waals surface area contributed by atoms with E-state index in [-0.39, 0.29) is 11.8 Å². The molecule has 2 N–H and O–H groups in total.